The molecule has 1 aromatic carbocycles. The number of benzene rings is 1. The molecule has 2 heterocycles. The zero-order valence-electron chi connectivity index (χ0n) is 11.2. The van der Waals surface area contributed by atoms with E-state index in [-0.39, 0.29) is 12.5 Å². The Morgan fingerprint density at radius 2 is 2.25 bits per heavy atom. The third-order valence-electron chi connectivity index (χ3n) is 3.70. The van der Waals surface area contributed by atoms with Gasteiger partial charge in [-0.05, 0) is 24.8 Å². The number of hydrogen-bond donors (Lipinski definition) is 0. The lowest BCUT2D eigenvalue weighted by molar-refractivity contribution is -0.130. The highest BCUT2D eigenvalue weighted by Crippen LogP contribution is 2.20. The Labute approximate surface area is 120 Å². The highest BCUT2D eigenvalue weighted by atomic mass is 32.2. The summed E-state index contributed by atoms with van der Waals surface area (Å²) >= 11 is 1.79. The third kappa shape index (κ3) is 2.35. The number of hydrogen-bond acceptors (Lipinski definition) is 4. The highest BCUT2D eigenvalue weighted by molar-refractivity contribution is 7.99. The van der Waals surface area contributed by atoms with Gasteiger partial charge in [0.1, 0.15) is 6.54 Å². The molecule has 1 atom stereocenters. The van der Waals surface area contributed by atoms with Crippen molar-refractivity contribution in [2.75, 3.05) is 19.3 Å². The number of carbonyl (C=O) groups excluding carboxylic acids is 1. The Balaban J connectivity index is 1.81. The summed E-state index contributed by atoms with van der Waals surface area (Å²) in [6, 6.07) is 7.17. The van der Waals surface area contributed by atoms with Gasteiger partial charge in [0, 0.05) is 18.3 Å². The number of aromatic nitrogens is 1. The number of nitrogens with zero attached hydrogens (tertiary/aromatic N) is 2. The van der Waals surface area contributed by atoms with Crippen molar-refractivity contribution >= 4 is 28.8 Å². The Bertz CT molecular complexity index is 691. The molecule has 0 spiro atoms. The molecule has 2 aromatic rings. The minimum absolute atomic E-state index is 0.0183. The quantitative estimate of drug-likeness (QED) is 0.861. The number of fused-ring (bicyclic) bond motifs is 1. The van der Waals surface area contributed by atoms with E-state index in [0.29, 0.717) is 16.3 Å². The Morgan fingerprint density at radius 1 is 1.45 bits per heavy atom. The van der Waals surface area contributed by atoms with Gasteiger partial charge in [-0.2, -0.15) is 11.8 Å². The van der Waals surface area contributed by atoms with E-state index in [1.54, 1.807) is 30.0 Å². The van der Waals surface area contributed by atoms with Crippen molar-refractivity contribution < 1.29 is 9.21 Å². The van der Waals surface area contributed by atoms with E-state index in [2.05, 4.69) is 6.26 Å². The van der Waals surface area contributed by atoms with Crippen LogP contribution in [-0.2, 0) is 11.3 Å². The number of para-hydroxylation sites is 2. The van der Waals surface area contributed by atoms with Crippen LogP contribution >= 0.6 is 11.8 Å². The van der Waals surface area contributed by atoms with Gasteiger partial charge in [-0.15, -0.1) is 0 Å². The van der Waals surface area contributed by atoms with Crippen LogP contribution in [-0.4, -0.2) is 40.0 Å². The van der Waals surface area contributed by atoms with Crippen LogP contribution in [0.2, 0.25) is 0 Å². The molecule has 1 unspecified atom stereocenters. The van der Waals surface area contributed by atoms with Crippen LogP contribution in [0.1, 0.15) is 6.42 Å². The molecule has 1 aliphatic heterocycles. The van der Waals surface area contributed by atoms with Crippen molar-refractivity contribution in [2.24, 2.45) is 0 Å². The largest absolute Gasteiger partial charge is 0.420 e. The van der Waals surface area contributed by atoms with E-state index in [4.69, 9.17) is 4.42 Å². The summed E-state index contributed by atoms with van der Waals surface area (Å²) in [5.74, 6) is -0.490. The number of likely N-dealkylation sites (tertiary alicyclic amines) is 1. The lowest BCUT2D eigenvalue weighted by atomic mass is 10.3. The lowest BCUT2D eigenvalue weighted by Gasteiger charge is -2.16. The third-order valence-corrected chi connectivity index (χ3v) is 4.75. The number of oxazole rings is 1. The maximum absolute atomic E-state index is 12.3. The Kier molecular flexibility index (Phi) is 3.56. The SMILES string of the molecule is CSC1CCN(C(=O)Cn2c(=O)oc3ccccc32)C1. The predicted molar refractivity (Wildman–Crippen MR) is 79.0 cm³/mol. The lowest BCUT2D eigenvalue weighted by Crippen LogP contribution is -2.34. The second kappa shape index (κ2) is 5.36. The molecule has 1 aliphatic rings. The highest BCUT2D eigenvalue weighted by Gasteiger charge is 2.26. The van der Waals surface area contributed by atoms with Gasteiger partial charge in [-0.1, -0.05) is 12.1 Å². The first-order chi connectivity index (χ1) is 9.69. The van der Waals surface area contributed by atoms with Gasteiger partial charge in [-0.25, -0.2) is 4.79 Å². The van der Waals surface area contributed by atoms with E-state index in [0.717, 1.165) is 19.5 Å². The summed E-state index contributed by atoms with van der Waals surface area (Å²) < 4.78 is 6.54. The van der Waals surface area contributed by atoms with Crippen molar-refractivity contribution in [3.05, 3.63) is 34.8 Å². The summed E-state index contributed by atoms with van der Waals surface area (Å²) in [4.78, 5) is 25.9. The molecule has 1 fully saturated rings. The zero-order valence-corrected chi connectivity index (χ0v) is 12.1. The second-order valence-electron chi connectivity index (χ2n) is 4.91. The fourth-order valence-electron chi connectivity index (χ4n) is 2.55. The number of amides is 1. The first kappa shape index (κ1) is 13.3. The standard InChI is InChI=1S/C14H16N2O3S/c1-20-10-6-7-15(8-10)13(17)9-16-11-4-2-3-5-12(11)19-14(16)18/h2-5,10H,6-9H2,1H3. The first-order valence-corrected chi connectivity index (χ1v) is 7.87. The van der Waals surface area contributed by atoms with Crippen LogP contribution in [0.5, 0.6) is 0 Å². The monoisotopic (exact) mass is 292 g/mol. The average molecular weight is 292 g/mol. The molecule has 20 heavy (non-hydrogen) atoms. The van der Waals surface area contributed by atoms with Crippen LogP contribution in [0.4, 0.5) is 0 Å². The minimum Gasteiger partial charge on any atom is -0.408 e. The molecule has 0 saturated carbocycles. The zero-order chi connectivity index (χ0) is 14.1. The van der Waals surface area contributed by atoms with Gasteiger partial charge in [0.15, 0.2) is 5.58 Å². The van der Waals surface area contributed by atoms with Gasteiger partial charge < -0.3 is 9.32 Å². The van der Waals surface area contributed by atoms with Gasteiger partial charge in [-0.3, -0.25) is 9.36 Å². The van der Waals surface area contributed by atoms with E-state index in [1.165, 1.54) is 4.57 Å². The van der Waals surface area contributed by atoms with Crippen LogP contribution < -0.4 is 5.76 Å². The molecule has 0 bridgehead atoms. The normalized spacial score (nSPS) is 18.9. The summed E-state index contributed by atoms with van der Waals surface area (Å²) in [6.07, 6.45) is 3.08. The number of thioether (sulfide) groups is 1. The minimum atomic E-state index is -0.472. The average Bonchev–Trinajstić information content (AvgIpc) is 3.04. The number of carbonyl (C=O) groups is 1. The first-order valence-electron chi connectivity index (χ1n) is 6.58. The topological polar surface area (TPSA) is 55.5 Å². The van der Waals surface area contributed by atoms with Crippen molar-refractivity contribution in [3.63, 3.8) is 0 Å². The molecular formula is C14H16N2O3S. The summed E-state index contributed by atoms with van der Waals surface area (Å²) in [7, 11) is 0. The summed E-state index contributed by atoms with van der Waals surface area (Å²) in [5, 5.41) is 0.511. The molecule has 0 aliphatic carbocycles. The molecule has 6 heteroatoms. The molecule has 106 valence electrons. The maximum atomic E-state index is 12.3. The smallest absolute Gasteiger partial charge is 0.408 e. The van der Waals surface area contributed by atoms with Crippen molar-refractivity contribution in [1.82, 2.24) is 9.47 Å². The van der Waals surface area contributed by atoms with E-state index in [9.17, 15) is 9.59 Å². The molecule has 3 rings (SSSR count). The van der Waals surface area contributed by atoms with Crippen molar-refractivity contribution in [2.45, 2.75) is 18.2 Å². The van der Waals surface area contributed by atoms with Crippen LogP contribution in [0.3, 0.4) is 0 Å². The Morgan fingerprint density at radius 3 is 3.00 bits per heavy atom. The second-order valence-corrected chi connectivity index (χ2v) is 6.05. The Hall–Kier alpha value is -1.69. The van der Waals surface area contributed by atoms with Gasteiger partial charge in [0.2, 0.25) is 5.91 Å². The number of rotatable bonds is 3. The molecule has 1 amide bonds. The molecule has 0 N–H and O–H groups in total. The van der Waals surface area contributed by atoms with Gasteiger partial charge in [0.05, 0.1) is 5.52 Å². The van der Waals surface area contributed by atoms with Crippen LogP contribution in [0.25, 0.3) is 11.1 Å². The molecule has 1 aromatic heterocycles. The maximum Gasteiger partial charge on any atom is 0.420 e. The fraction of sp³-hybridized carbons (Fsp3) is 0.429. The van der Waals surface area contributed by atoms with Crippen LogP contribution in [0, 0.1) is 0 Å². The van der Waals surface area contributed by atoms with Crippen LogP contribution in [0.15, 0.2) is 33.5 Å². The fourth-order valence-corrected chi connectivity index (χ4v) is 3.22. The van der Waals surface area contributed by atoms with Crippen molar-refractivity contribution in [1.29, 1.82) is 0 Å². The van der Waals surface area contributed by atoms with E-state index < -0.39 is 5.76 Å². The molecule has 1 saturated heterocycles. The molecule has 5 nitrogen and oxygen atoms in total. The molecule has 0 radical (unpaired) electrons. The summed E-state index contributed by atoms with van der Waals surface area (Å²) in [5.41, 5.74) is 1.19. The van der Waals surface area contributed by atoms with Crippen molar-refractivity contribution in [3.8, 4) is 0 Å². The predicted octanol–water partition coefficient (Wildman–Crippen LogP) is 1.56. The van der Waals surface area contributed by atoms with E-state index in [1.807, 2.05) is 11.0 Å². The summed E-state index contributed by atoms with van der Waals surface area (Å²) in [6.45, 7) is 1.59. The van der Waals surface area contributed by atoms with Gasteiger partial charge in [0.25, 0.3) is 0 Å². The van der Waals surface area contributed by atoms with E-state index >= 15 is 0 Å². The molecular weight excluding hydrogens is 276 g/mol. The van der Waals surface area contributed by atoms with Gasteiger partial charge >= 0.3 is 5.76 Å².